The normalized spacial score (nSPS) is 10.4. The Hall–Kier alpha value is -2.24. The number of halogens is 1. The van der Waals surface area contributed by atoms with Crippen LogP contribution in [0.4, 0.5) is 10.1 Å². The van der Waals surface area contributed by atoms with Gasteiger partial charge in [0.05, 0.1) is 11.0 Å². The van der Waals surface area contributed by atoms with E-state index in [9.17, 15) is 14.5 Å². The fraction of sp³-hybridized carbons (Fsp3) is 0.100. The van der Waals surface area contributed by atoms with Crippen LogP contribution in [0, 0.1) is 22.9 Å². The molecule has 2 aromatic rings. The van der Waals surface area contributed by atoms with Gasteiger partial charge in [0.15, 0.2) is 0 Å². The molecule has 0 unspecified atom stereocenters. The summed E-state index contributed by atoms with van der Waals surface area (Å²) in [5.74, 6) is -0.0251. The van der Waals surface area contributed by atoms with Crippen LogP contribution in [0.15, 0.2) is 30.6 Å². The topological polar surface area (TPSA) is 61.0 Å². The number of aryl methyl sites for hydroxylation is 1. The van der Waals surface area contributed by atoms with Crippen molar-refractivity contribution in [1.82, 2.24) is 9.55 Å². The monoisotopic (exact) mass is 221 g/mol. The summed E-state index contributed by atoms with van der Waals surface area (Å²) in [6.07, 6.45) is 3.12. The van der Waals surface area contributed by atoms with Gasteiger partial charge in [-0.2, -0.15) is 0 Å². The fourth-order valence-corrected chi connectivity index (χ4v) is 1.48. The van der Waals surface area contributed by atoms with E-state index in [0.717, 1.165) is 6.07 Å². The smallest absolute Gasteiger partial charge is 0.296 e. The van der Waals surface area contributed by atoms with E-state index < -0.39 is 10.7 Å². The van der Waals surface area contributed by atoms with Crippen molar-refractivity contribution in [2.45, 2.75) is 6.92 Å². The zero-order chi connectivity index (χ0) is 11.7. The van der Waals surface area contributed by atoms with Gasteiger partial charge in [-0.3, -0.25) is 14.7 Å². The average Bonchev–Trinajstić information content (AvgIpc) is 2.64. The molecule has 82 valence electrons. The fourth-order valence-electron chi connectivity index (χ4n) is 1.48. The molecule has 0 aliphatic heterocycles. The van der Waals surface area contributed by atoms with Gasteiger partial charge < -0.3 is 0 Å². The molecule has 0 N–H and O–H groups in total. The summed E-state index contributed by atoms with van der Waals surface area (Å²) in [5, 5.41) is 10.8. The Morgan fingerprint density at radius 3 is 2.81 bits per heavy atom. The third kappa shape index (κ3) is 1.65. The van der Waals surface area contributed by atoms with Gasteiger partial charge in [-0.05, 0) is 19.1 Å². The third-order valence-electron chi connectivity index (χ3n) is 2.22. The summed E-state index contributed by atoms with van der Waals surface area (Å²) < 4.78 is 14.5. The van der Waals surface area contributed by atoms with Gasteiger partial charge in [0, 0.05) is 12.4 Å². The van der Waals surface area contributed by atoms with Gasteiger partial charge >= 0.3 is 0 Å². The first-order chi connectivity index (χ1) is 7.59. The molecule has 0 atom stereocenters. The van der Waals surface area contributed by atoms with E-state index in [1.807, 2.05) is 0 Å². The summed E-state index contributed by atoms with van der Waals surface area (Å²) in [7, 11) is 0. The Kier molecular flexibility index (Phi) is 2.40. The van der Waals surface area contributed by atoms with Crippen molar-refractivity contribution >= 4 is 5.69 Å². The summed E-state index contributed by atoms with van der Waals surface area (Å²) in [6.45, 7) is 1.72. The Balaban J connectivity index is 2.65. The molecule has 0 saturated heterocycles. The summed E-state index contributed by atoms with van der Waals surface area (Å²) >= 11 is 0. The minimum Gasteiger partial charge on any atom is -0.298 e. The molecule has 0 fully saturated rings. The standard InChI is InChI=1S/C10H8FN3O2/c1-7-12-4-5-13(7)9-3-2-8(11)6-10(9)14(15)16/h2-6H,1H3. The molecule has 1 aromatic carbocycles. The first-order valence-corrected chi connectivity index (χ1v) is 4.54. The Bertz CT molecular complexity index is 551. The highest BCUT2D eigenvalue weighted by Gasteiger charge is 2.17. The van der Waals surface area contributed by atoms with Gasteiger partial charge in [-0.1, -0.05) is 0 Å². The maximum Gasteiger partial charge on any atom is 0.296 e. The number of aromatic nitrogens is 2. The first kappa shape index (κ1) is 10.3. The van der Waals surface area contributed by atoms with Crippen LogP contribution in [0.5, 0.6) is 0 Å². The molecule has 6 heteroatoms. The maximum absolute atomic E-state index is 12.9. The van der Waals surface area contributed by atoms with Gasteiger partial charge in [-0.25, -0.2) is 9.37 Å². The molecule has 0 spiro atoms. The van der Waals surface area contributed by atoms with Crippen molar-refractivity contribution < 1.29 is 9.31 Å². The van der Waals surface area contributed by atoms with Crippen molar-refractivity contribution in [2.24, 2.45) is 0 Å². The highest BCUT2D eigenvalue weighted by atomic mass is 19.1. The van der Waals surface area contributed by atoms with Crippen LogP contribution < -0.4 is 0 Å². The summed E-state index contributed by atoms with van der Waals surface area (Å²) in [4.78, 5) is 14.1. The zero-order valence-electron chi connectivity index (χ0n) is 8.42. The van der Waals surface area contributed by atoms with Crippen molar-refractivity contribution in [1.29, 1.82) is 0 Å². The molecule has 0 aliphatic rings. The van der Waals surface area contributed by atoms with E-state index in [1.54, 1.807) is 13.1 Å². The Morgan fingerprint density at radius 1 is 1.50 bits per heavy atom. The quantitative estimate of drug-likeness (QED) is 0.577. The zero-order valence-corrected chi connectivity index (χ0v) is 8.42. The molecule has 0 aliphatic carbocycles. The lowest BCUT2D eigenvalue weighted by atomic mass is 10.2. The molecule has 5 nitrogen and oxygen atoms in total. The molecule has 0 amide bonds. The van der Waals surface area contributed by atoms with E-state index in [4.69, 9.17) is 0 Å². The van der Waals surface area contributed by atoms with Gasteiger partial charge in [0.1, 0.15) is 17.3 Å². The minimum atomic E-state index is -0.631. The van der Waals surface area contributed by atoms with Crippen molar-refractivity contribution in [3.8, 4) is 5.69 Å². The van der Waals surface area contributed by atoms with Crippen molar-refractivity contribution in [3.63, 3.8) is 0 Å². The lowest BCUT2D eigenvalue weighted by Crippen LogP contribution is -2.01. The van der Waals surface area contributed by atoms with E-state index in [1.165, 1.54) is 22.9 Å². The number of nitrogens with zero attached hydrogens (tertiary/aromatic N) is 3. The predicted molar refractivity (Wildman–Crippen MR) is 54.9 cm³/mol. The highest BCUT2D eigenvalue weighted by Crippen LogP contribution is 2.24. The molecule has 0 radical (unpaired) electrons. The molecule has 1 heterocycles. The van der Waals surface area contributed by atoms with E-state index in [0.29, 0.717) is 11.5 Å². The second-order valence-corrected chi connectivity index (χ2v) is 3.23. The second-order valence-electron chi connectivity index (χ2n) is 3.23. The molecule has 0 bridgehead atoms. The number of nitro benzene ring substituents is 1. The van der Waals surface area contributed by atoms with Gasteiger partial charge in [0.25, 0.3) is 5.69 Å². The number of hydrogen-bond donors (Lipinski definition) is 0. The van der Waals surface area contributed by atoms with Crippen LogP contribution in [0.1, 0.15) is 5.82 Å². The highest BCUT2D eigenvalue weighted by molar-refractivity contribution is 5.53. The van der Waals surface area contributed by atoms with Crippen LogP contribution in [-0.4, -0.2) is 14.5 Å². The first-order valence-electron chi connectivity index (χ1n) is 4.54. The summed E-state index contributed by atoms with van der Waals surface area (Å²) in [6, 6.07) is 3.44. The number of imidazole rings is 1. The maximum atomic E-state index is 12.9. The molecule has 16 heavy (non-hydrogen) atoms. The van der Waals surface area contributed by atoms with E-state index in [2.05, 4.69) is 4.98 Å². The Morgan fingerprint density at radius 2 is 2.25 bits per heavy atom. The molecule has 2 rings (SSSR count). The van der Waals surface area contributed by atoms with E-state index >= 15 is 0 Å². The molecular weight excluding hydrogens is 213 g/mol. The predicted octanol–water partition coefficient (Wildman–Crippen LogP) is 2.23. The third-order valence-corrected chi connectivity index (χ3v) is 2.22. The lowest BCUT2D eigenvalue weighted by Gasteiger charge is -2.05. The van der Waals surface area contributed by atoms with Crippen LogP contribution in [0.2, 0.25) is 0 Å². The number of rotatable bonds is 2. The summed E-state index contributed by atoms with van der Waals surface area (Å²) in [5.41, 5.74) is 0.0301. The number of benzene rings is 1. The van der Waals surface area contributed by atoms with Crippen molar-refractivity contribution in [3.05, 3.63) is 52.3 Å². The minimum absolute atomic E-state index is 0.277. The van der Waals surface area contributed by atoms with Crippen LogP contribution in [0.3, 0.4) is 0 Å². The average molecular weight is 221 g/mol. The SMILES string of the molecule is Cc1nccn1-c1ccc(F)cc1[N+](=O)[O-]. The molecule has 1 aromatic heterocycles. The van der Waals surface area contributed by atoms with Gasteiger partial charge in [-0.15, -0.1) is 0 Å². The lowest BCUT2D eigenvalue weighted by molar-refractivity contribution is -0.384. The largest absolute Gasteiger partial charge is 0.298 e. The van der Waals surface area contributed by atoms with Crippen LogP contribution >= 0.6 is 0 Å². The van der Waals surface area contributed by atoms with E-state index in [-0.39, 0.29) is 5.69 Å². The number of hydrogen-bond acceptors (Lipinski definition) is 3. The Labute approximate surface area is 90.3 Å². The number of nitro groups is 1. The second kappa shape index (κ2) is 3.73. The molecule has 0 saturated carbocycles. The van der Waals surface area contributed by atoms with Gasteiger partial charge in [0.2, 0.25) is 0 Å². The van der Waals surface area contributed by atoms with Crippen LogP contribution in [-0.2, 0) is 0 Å². The molecular formula is C10H8FN3O2. The van der Waals surface area contributed by atoms with Crippen LogP contribution in [0.25, 0.3) is 5.69 Å². The van der Waals surface area contributed by atoms with Crippen molar-refractivity contribution in [2.75, 3.05) is 0 Å².